The summed E-state index contributed by atoms with van der Waals surface area (Å²) in [6, 6.07) is 4.04. The maximum Gasteiger partial charge on any atom is 0.235 e. The van der Waals surface area contributed by atoms with E-state index in [-0.39, 0.29) is 0 Å². The average molecular weight is 329 g/mol. The molecule has 0 saturated heterocycles. The number of hydrogen-bond donors (Lipinski definition) is 0. The average Bonchev–Trinajstić information content (AvgIpc) is 2.90. The van der Waals surface area contributed by atoms with Gasteiger partial charge in [0.15, 0.2) is 5.82 Å². The third kappa shape index (κ3) is 1.92. The van der Waals surface area contributed by atoms with Crippen LogP contribution in [0.25, 0.3) is 15.7 Å². The molecular formula is C10H9BrN4S2. The molecule has 0 N–H and O–H groups in total. The number of aromatic nitrogens is 4. The van der Waals surface area contributed by atoms with E-state index in [0.717, 1.165) is 24.5 Å². The quantitative estimate of drug-likeness (QED) is 0.718. The Morgan fingerprint density at radius 1 is 1.24 bits per heavy atom. The second-order valence-corrected chi connectivity index (χ2v) is 7.37. The predicted molar refractivity (Wildman–Crippen MR) is 73.8 cm³/mol. The SMILES string of the molecule is CC(C)c1nn2c(-c3ccc(Br)s3)nnc2s1. The van der Waals surface area contributed by atoms with Crippen molar-refractivity contribution in [3.8, 4) is 10.7 Å². The standard InChI is InChI=1S/C10H9BrN4S2/c1-5(2)9-14-15-8(12-13-10(15)17-9)6-3-4-7(11)16-6/h3-5H,1-2H3. The van der Waals surface area contributed by atoms with Gasteiger partial charge in [-0.1, -0.05) is 25.2 Å². The van der Waals surface area contributed by atoms with E-state index in [2.05, 4.69) is 45.1 Å². The number of hydrogen-bond acceptors (Lipinski definition) is 5. The maximum atomic E-state index is 4.56. The van der Waals surface area contributed by atoms with Gasteiger partial charge in [0.25, 0.3) is 0 Å². The van der Waals surface area contributed by atoms with Crippen molar-refractivity contribution < 1.29 is 0 Å². The summed E-state index contributed by atoms with van der Waals surface area (Å²) in [6.07, 6.45) is 0. The van der Waals surface area contributed by atoms with Gasteiger partial charge in [-0.3, -0.25) is 0 Å². The lowest BCUT2D eigenvalue weighted by Gasteiger charge is -1.95. The molecule has 0 unspecified atom stereocenters. The van der Waals surface area contributed by atoms with Crippen molar-refractivity contribution in [1.82, 2.24) is 19.8 Å². The molecule has 88 valence electrons. The Bertz CT molecular complexity index is 667. The van der Waals surface area contributed by atoms with Crippen molar-refractivity contribution in [1.29, 1.82) is 0 Å². The van der Waals surface area contributed by atoms with Gasteiger partial charge < -0.3 is 0 Å². The van der Waals surface area contributed by atoms with E-state index in [1.807, 2.05) is 16.6 Å². The zero-order valence-electron chi connectivity index (χ0n) is 9.22. The highest BCUT2D eigenvalue weighted by Gasteiger charge is 2.15. The van der Waals surface area contributed by atoms with Crippen molar-refractivity contribution in [3.63, 3.8) is 0 Å². The summed E-state index contributed by atoms with van der Waals surface area (Å²) in [5, 5.41) is 14.0. The number of thiophene rings is 1. The molecule has 0 saturated carbocycles. The molecule has 0 aliphatic heterocycles. The zero-order valence-corrected chi connectivity index (χ0v) is 12.4. The van der Waals surface area contributed by atoms with Gasteiger partial charge in [0.05, 0.1) is 8.66 Å². The molecule has 0 aliphatic rings. The topological polar surface area (TPSA) is 43.1 Å². The summed E-state index contributed by atoms with van der Waals surface area (Å²) >= 11 is 6.69. The molecule has 0 spiro atoms. The van der Waals surface area contributed by atoms with Crippen LogP contribution in [0.3, 0.4) is 0 Å². The van der Waals surface area contributed by atoms with Crippen LogP contribution in [0.15, 0.2) is 15.9 Å². The third-order valence-corrected chi connectivity index (χ3v) is 5.11. The molecule has 0 atom stereocenters. The van der Waals surface area contributed by atoms with Gasteiger partial charge in [-0.2, -0.15) is 9.61 Å². The summed E-state index contributed by atoms with van der Waals surface area (Å²) in [7, 11) is 0. The molecule has 3 aromatic heterocycles. The van der Waals surface area contributed by atoms with Gasteiger partial charge in [0, 0.05) is 5.92 Å². The number of halogens is 1. The Morgan fingerprint density at radius 2 is 2.06 bits per heavy atom. The van der Waals surface area contributed by atoms with Gasteiger partial charge >= 0.3 is 0 Å². The van der Waals surface area contributed by atoms with Crippen molar-refractivity contribution in [2.75, 3.05) is 0 Å². The summed E-state index contributed by atoms with van der Waals surface area (Å²) in [4.78, 5) is 1.93. The molecule has 3 rings (SSSR count). The smallest absolute Gasteiger partial charge is 0.182 e. The highest BCUT2D eigenvalue weighted by Crippen LogP contribution is 2.31. The Balaban J connectivity index is 2.17. The van der Waals surface area contributed by atoms with Crippen LogP contribution >= 0.6 is 38.6 Å². The Labute approximate surface area is 114 Å². The molecule has 0 radical (unpaired) electrons. The van der Waals surface area contributed by atoms with E-state index in [1.165, 1.54) is 0 Å². The predicted octanol–water partition coefficient (Wildman–Crippen LogP) is 3.80. The van der Waals surface area contributed by atoms with Gasteiger partial charge in [-0.15, -0.1) is 21.5 Å². The molecule has 3 heterocycles. The number of rotatable bonds is 2. The van der Waals surface area contributed by atoms with Crippen LogP contribution in [0.4, 0.5) is 0 Å². The van der Waals surface area contributed by atoms with E-state index in [4.69, 9.17) is 0 Å². The lowest BCUT2D eigenvalue weighted by molar-refractivity contribution is 0.802. The van der Waals surface area contributed by atoms with E-state index < -0.39 is 0 Å². The monoisotopic (exact) mass is 328 g/mol. The van der Waals surface area contributed by atoms with Crippen LogP contribution in [-0.4, -0.2) is 19.8 Å². The summed E-state index contributed by atoms with van der Waals surface area (Å²) in [5.41, 5.74) is 0. The lowest BCUT2D eigenvalue weighted by atomic mass is 10.2. The molecule has 0 bridgehead atoms. The fourth-order valence-electron chi connectivity index (χ4n) is 1.45. The molecular weight excluding hydrogens is 320 g/mol. The maximum absolute atomic E-state index is 4.56. The number of fused-ring (bicyclic) bond motifs is 1. The van der Waals surface area contributed by atoms with E-state index in [1.54, 1.807) is 22.7 Å². The molecule has 7 heteroatoms. The van der Waals surface area contributed by atoms with E-state index >= 15 is 0 Å². The minimum atomic E-state index is 0.421. The van der Waals surface area contributed by atoms with Gasteiger partial charge in [-0.25, -0.2) is 0 Å². The number of nitrogens with zero attached hydrogens (tertiary/aromatic N) is 4. The minimum absolute atomic E-state index is 0.421. The molecule has 0 fully saturated rings. The molecule has 0 amide bonds. The molecule has 17 heavy (non-hydrogen) atoms. The van der Waals surface area contributed by atoms with E-state index in [9.17, 15) is 0 Å². The van der Waals surface area contributed by atoms with Crippen molar-refractivity contribution in [2.45, 2.75) is 19.8 Å². The Hall–Kier alpha value is -0.790. The summed E-state index contributed by atoms with van der Waals surface area (Å²) in [5.74, 6) is 1.24. The first-order valence-corrected chi connectivity index (χ1v) is 7.55. The van der Waals surface area contributed by atoms with Crippen LogP contribution in [0.5, 0.6) is 0 Å². The molecule has 0 aliphatic carbocycles. The Kier molecular flexibility index (Phi) is 2.76. The van der Waals surface area contributed by atoms with Crippen LogP contribution < -0.4 is 0 Å². The lowest BCUT2D eigenvalue weighted by Crippen LogP contribution is -1.92. The second kappa shape index (κ2) is 4.15. The first-order valence-electron chi connectivity index (χ1n) is 5.13. The first-order chi connectivity index (χ1) is 8.15. The zero-order chi connectivity index (χ0) is 12.0. The third-order valence-electron chi connectivity index (χ3n) is 2.29. The largest absolute Gasteiger partial charge is 0.235 e. The van der Waals surface area contributed by atoms with Crippen molar-refractivity contribution >= 4 is 43.6 Å². The highest BCUT2D eigenvalue weighted by atomic mass is 79.9. The van der Waals surface area contributed by atoms with Gasteiger partial charge in [0.1, 0.15) is 5.01 Å². The fourth-order valence-corrected chi connectivity index (χ4v) is 3.65. The van der Waals surface area contributed by atoms with Crippen LogP contribution in [0, 0.1) is 0 Å². The van der Waals surface area contributed by atoms with E-state index in [0.29, 0.717) is 5.92 Å². The second-order valence-electron chi connectivity index (χ2n) is 3.92. The van der Waals surface area contributed by atoms with Crippen LogP contribution in [-0.2, 0) is 0 Å². The van der Waals surface area contributed by atoms with Crippen LogP contribution in [0.1, 0.15) is 24.8 Å². The minimum Gasteiger partial charge on any atom is -0.182 e. The summed E-state index contributed by atoms with van der Waals surface area (Å²) < 4.78 is 2.92. The van der Waals surface area contributed by atoms with Gasteiger partial charge in [0.2, 0.25) is 4.96 Å². The van der Waals surface area contributed by atoms with Gasteiger partial charge in [-0.05, 0) is 28.1 Å². The van der Waals surface area contributed by atoms with Crippen LogP contribution in [0.2, 0.25) is 0 Å². The molecule has 3 aromatic rings. The van der Waals surface area contributed by atoms with Crippen molar-refractivity contribution in [2.24, 2.45) is 0 Å². The molecule has 4 nitrogen and oxygen atoms in total. The van der Waals surface area contributed by atoms with Crippen molar-refractivity contribution in [3.05, 3.63) is 20.9 Å². The fraction of sp³-hybridized carbons (Fsp3) is 0.300. The first kappa shape index (κ1) is 11.3. The molecule has 0 aromatic carbocycles. The summed E-state index contributed by atoms with van der Waals surface area (Å²) in [6.45, 7) is 4.26. The highest BCUT2D eigenvalue weighted by molar-refractivity contribution is 9.11. The normalized spacial score (nSPS) is 11.8. The Morgan fingerprint density at radius 3 is 2.71 bits per heavy atom.